The van der Waals surface area contributed by atoms with Crippen molar-refractivity contribution in [3.8, 4) is 0 Å². The Morgan fingerprint density at radius 3 is 2.69 bits per heavy atom. The number of primary amides is 1. The Labute approximate surface area is 93.4 Å². The van der Waals surface area contributed by atoms with Gasteiger partial charge in [-0.05, 0) is 12.8 Å². The average Bonchev–Trinajstić information content (AvgIpc) is 3.04. The predicted molar refractivity (Wildman–Crippen MR) is 54.9 cm³/mol. The molecule has 4 N–H and O–H groups in total. The number of hydrogen-bond acceptors (Lipinski definition) is 6. The number of carbonyl (C=O) groups is 1. The Hall–Kier alpha value is -1.31. The van der Waals surface area contributed by atoms with Gasteiger partial charge in [0.05, 0.1) is 12.7 Å². The van der Waals surface area contributed by atoms with Crippen molar-refractivity contribution in [2.24, 2.45) is 11.5 Å². The first-order chi connectivity index (χ1) is 7.63. The predicted octanol–water partition coefficient (Wildman–Crippen LogP) is -1.13. The molecule has 0 bridgehead atoms. The lowest BCUT2D eigenvalue weighted by molar-refractivity contribution is -0.409. The van der Waals surface area contributed by atoms with E-state index in [1.807, 2.05) is 0 Å². The van der Waals surface area contributed by atoms with Crippen LogP contribution in [0.1, 0.15) is 12.8 Å². The van der Waals surface area contributed by atoms with E-state index in [9.17, 15) is 4.79 Å². The van der Waals surface area contributed by atoms with Crippen molar-refractivity contribution < 1.29 is 14.7 Å². The second-order valence-electron chi connectivity index (χ2n) is 3.97. The van der Waals surface area contributed by atoms with Crippen molar-refractivity contribution in [2.45, 2.75) is 18.9 Å². The normalized spacial score (nSPS) is 22.7. The molecule has 90 valence electrons. The van der Waals surface area contributed by atoms with Gasteiger partial charge in [0, 0.05) is 12.6 Å². The molecule has 7 nitrogen and oxygen atoms in total. The van der Waals surface area contributed by atoms with Crippen molar-refractivity contribution in [1.82, 2.24) is 9.96 Å². The second-order valence-corrected chi connectivity index (χ2v) is 3.97. The molecule has 0 unspecified atom stereocenters. The van der Waals surface area contributed by atoms with Gasteiger partial charge in [-0.25, -0.2) is 4.89 Å². The summed E-state index contributed by atoms with van der Waals surface area (Å²) < 4.78 is 0. The molecule has 1 saturated carbocycles. The van der Waals surface area contributed by atoms with Crippen LogP contribution in [0.3, 0.4) is 0 Å². The smallest absolute Gasteiger partial charge is 0.249 e. The topological polar surface area (TPSA) is 94.0 Å². The van der Waals surface area contributed by atoms with Gasteiger partial charge in [0.2, 0.25) is 5.91 Å². The van der Waals surface area contributed by atoms with Crippen molar-refractivity contribution in [3.63, 3.8) is 0 Å². The number of hydrogen-bond donors (Lipinski definition) is 2. The van der Waals surface area contributed by atoms with E-state index in [0.29, 0.717) is 24.8 Å². The van der Waals surface area contributed by atoms with Crippen LogP contribution in [0.25, 0.3) is 0 Å². The number of nitrogens with zero attached hydrogens (tertiary/aromatic N) is 2. The summed E-state index contributed by atoms with van der Waals surface area (Å²) in [6, 6.07) is 0.491. The highest BCUT2D eigenvalue weighted by Crippen LogP contribution is 2.30. The van der Waals surface area contributed by atoms with E-state index in [2.05, 4.69) is 9.79 Å². The molecule has 0 atom stereocenters. The Kier molecular flexibility index (Phi) is 2.99. The quantitative estimate of drug-likeness (QED) is 0.467. The van der Waals surface area contributed by atoms with Crippen molar-refractivity contribution >= 4 is 5.91 Å². The maximum atomic E-state index is 11.2. The number of hydroxylamine groups is 2. The third-order valence-corrected chi connectivity index (χ3v) is 2.77. The molecule has 1 aliphatic carbocycles. The van der Waals surface area contributed by atoms with E-state index >= 15 is 0 Å². The fourth-order valence-electron chi connectivity index (χ4n) is 1.77. The van der Waals surface area contributed by atoms with Crippen LogP contribution in [0.4, 0.5) is 0 Å². The summed E-state index contributed by atoms with van der Waals surface area (Å²) in [6.45, 7) is 0.969. The molecule has 0 spiro atoms. The summed E-state index contributed by atoms with van der Waals surface area (Å²) >= 11 is 0. The van der Waals surface area contributed by atoms with E-state index in [4.69, 9.17) is 16.5 Å². The van der Waals surface area contributed by atoms with Gasteiger partial charge in [0.15, 0.2) is 0 Å². The van der Waals surface area contributed by atoms with Gasteiger partial charge in [-0.2, -0.15) is 5.06 Å². The highest BCUT2D eigenvalue weighted by molar-refractivity contribution is 5.93. The zero-order valence-corrected chi connectivity index (χ0v) is 9.18. The molecule has 0 aromatic carbocycles. The molecule has 16 heavy (non-hydrogen) atoms. The minimum absolute atomic E-state index is 0.228. The second kappa shape index (κ2) is 4.28. The summed E-state index contributed by atoms with van der Waals surface area (Å²) in [7, 11) is 1.38. The molecular weight excluding hydrogens is 212 g/mol. The molecule has 2 aliphatic rings. The molecule has 1 aliphatic heterocycles. The maximum absolute atomic E-state index is 11.2. The van der Waals surface area contributed by atoms with Gasteiger partial charge < -0.3 is 11.5 Å². The molecule has 7 heteroatoms. The van der Waals surface area contributed by atoms with Gasteiger partial charge in [-0.3, -0.25) is 9.69 Å². The van der Waals surface area contributed by atoms with Crippen molar-refractivity contribution in [1.29, 1.82) is 0 Å². The zero-order chi connectivity index (χ0) is 11.7. The Morgan fingerprint density at radius 2 is 2.19 bits per heavy atom. The van der Waals surface area contributed by atoms with E-state index in [-0.39, 0.29) is 5.82 Å². The highest BCUT2D eigenvalue weighted by atomic mass is 17.3. The van der Waals surface area contributed by atoms with Crippen LogP contribution in [0, 0.1) is 0 Å². The molecular formula is C9H16N4O3. The Bertz CT molecular complexity index is 327. The van der Waals surface area contributed by atoms with Crippen LogP contribution in [0.15, 0.2) is 11.4 Å². The molecule has 0 saturated heterocycles. The lowest BCUT2D eigenvalue weighted by atomic mass is 10.2. The number of rotatable bonds is 4. The van der Waals surface area contributed by atoms with Crippen LogP contribution in [0.5, 0.6) is 0 Å². The third-order valence-electron chi connectivity index (χ3n) is 2.77. The van der Waals surface area contributed by atoms with Crippen LogP contribution in [0.2, 0.25) is 0 Å². The first-order valence-electron chi connectivity index (χ1n) is 5.14. The van der Waals surface area contributed by atoms with Crippen LogP contribution in [-0.2, 0) is 14.7 Å². The molecule has 0 aromatic rings. The molecule has 0 radical (unpaired) electrons. The molecule has 0 aromatic heterocycles. The number of nitrogens with two attached hydrogens (primary N) is 2. The summed E-state index contributed by atoms with van der Waals surface area (Å²) in [6.07, 6.45) is 2.26. The summed E-state index contributed by atoms with van der Waals surface area (Å²) in [4.78, 5) is 22.8. The van der Waals surface area contributed by atoms with E-state index in [1.54, 1.807) is 0 Å². The molecule has 1 fully saturated rings. The summed E-state index contributed by atoms with van der Waals surface area (Å²) in [5, 5.41) is 1.34. The summed E-state index contributed by atoms with van der Waals surface area (Å²) in [5.41, 5.74) is 11.4. The van der Waals surface area contributed by atoms with E-state index in [1.165, 1.54) is 12.2 Å². The van der Waals surface area contributed by atoms with Crippen LogP contribution < -0.4 is 11.5 Å². The fraction of sp³-hybridized carbons (Fsp3) is 0.667. The van der Waals surface area contributed by atoms with Gasteiger partial charge in [0.25, 0.3) is 0 Å². The highest BCUT2D eigenvalue weighted by Gasteiger charge is 2.36. The van der Waals surface area contributed by atoms with Gasteiger partial charge in [0.1, 0.15) is 12.5 Å². The molecule has 1 amide bonds. The maximum Gasteiger partial charge on any atom is 0.249 e. The van der Waals surface area contributed by atoms with Crippen LogP contribution in [-0.4, -0.2) is 42.2 Å². The van der Waals surface area contributed by atoms with Crippen molar-refractivity contribution in [3.05, 3.63) is 11.4 Å². The van der Waals surface area contributed by atoms with Crippen molar-refractivity contribution in [2.75, 3.05) is 20.3 Å². The van der Waals surface area contributed by atoms with E-state index < -0.39 is 5.91 Å². The number of amides is 1. The Morgan fingerprint density at radius 1 is 1.50 bits per heavy atom. The monoisotopic (exact) mass is 228 g/mol. The average molecular weight is 228 g/mol. The Balaban J connectivity index is 2.17. The lowest BCUT2D eigenvalue weighted by Gasteiger charge is -2.35. The SMILES string of the molecule is COON1CN(C2CC2)CC(C(N)=O)=C1N. The standard InChI is InChI=1S/C9H16N4O3/c1-15-16-13-5-12(6-2-3-6)4-7(8(13)10)9(11)14/h6H,2-5,10H2,1H3,(H2,11,14). The van der Waals surface area contributed by atoms with Gasteiger partial charge >= 0.3 is 0 Å². The fourth-order valence-corrected chi connectivity index (χ4v) is 1.77. The molecule has 2 rings (SSSR count). The largest absolute Gasteiger partial charge is 0.383 e. The first kappa shape index (κ1) is 11.2. The molecule has 1 heterocycles. The number of carbonyl (C=O) groups excluding carboxylic acids is 1. The van der Waals surface area contributed by atoms with E-state index in [0.717, 1.165) is 12.8 Å². The van der Waals surface area contributed by atoms with Gasteiger partial charge in [-0.15, -0.1) is 4.99 Å². The lowest BCUT2D eigenvalue weighted by Crippen LogP contribution is -2.49. The summed E-state index contributed by atoms with van der Waals surface area (Å²) in [5.74, 6) is -0.293. The minimum atomic E-state index is -0.521. The third kappa shape index (κ3) is 2.11. The van der Waals surface area contributed by atoms with Crippen LogP contribution >= 0.6 is 0 Å². The minimum Gasteiger partial charge on any atom is -0.383 e. The zero-order valence-electron chi connectivity index (χ0n) is 9.18. The van der Waals surface area contributed by atoms with Gasteiger partial charge in [-0.1, -0.05) is 0 Å². The first-order valence-corrected chi connectivity index (χ1v) is 5.14.